The molecule has 1 saturated heterocycles. The zero-order valence-corrected chi connectivity index (χ0v) is 15.2. The Bertz CT molecular complexity index is 788. The van der Waals surface area contributed by atoms with Crippen molar-refractivity contribution in [2.75, 3.05) is 42.3 Å². The summed E-state index contributed by atoms with van der Waals surface area (Å²) in [5, 5.41) is 0. The molecule has 0 bridgehead atoms. The Morgan fingerprint density at radius 1 is 1.08 bits per heavy atom. The van der Waals surface area contributed by atoms with E-state index in [-0.39, 0.29) is 5.75 Å². The molecule has 1 aliphatic rings. The Balaban J connectivity index is 1.67. The maximum Gasteiger partial charge on any atom is 0.236 e. The highest BCUT2D eigenvalue weighted by atomic mass is 32.2. The van der Waals surface area contributed by atoms with Crippen molar-refractivity contribution < 1.29 is 8.42 Å². The molecule has 0 spiro atoms. The quantitative estimate of drug-likeness (QED) is 0.855. The number of pyridine rings is 1. The number of hydrogen-bond donors (Lipinski definition) is 1. The van der Waals surface area contributed by atoms with Crippen molar-refractivity contribution >= 4 is 21.5 Å². The summed E-state index contributed by atoms with van der Waals surface area (Å²) in [5.74, 6) is 0.774. The van der Waals surface area contributed by atoms with Crippen LogP contribution in [0.2, 0.25) is 0 Å². The van der Waals surface area contributed by atoms with Crippen LogP contribution >= 0.6 is 0 Å². The minimum absolute atomic E-state index is 0.0410. The van der Waals surface area contributed by atoms with Gasteiger partial charge in [0, 0.05) is 38.4 Å². The van der Waals surface area contributed by atoms with Gasteiger partial charge >= 0.3 is 0 Å². The monoisotopic (exact) mass is 360 g/mol. The third kappa shape index (κ3) is 4.93. The zero-order valence-electron chi connectivity index (χ0n) is 14.4. The van der Waals surface area contributed by atoms with E-state index < -0.39 is 10.0 Å². The SMILES string of the molecule is CCN1CCN(c2cc(NS(=O)(=O)Cc3ccccc3)ccn2)CC1. The first-order chi connectivity index (χ1) is 12.1. The predicted octanol–water partition coefficient (Wildman–Crippen LogP) is 2.17. The summed E-state index contributed by atoms with van der Waals surface area (Å²) in [6.45, 7) is 7.03. The van der Waals surface area contributed by atoms with Crippen LogP contribution in [-0.2, 0) is 15.8 Å². The summed E-state index contributed by atoms with van der Waals surface area (Å²) < 4.78 is 27.4. The topological polar surface area (TPSA) is 65.5 Å². The fourth-order valence-electron chi connectivity index (χ4n) is 2.96. The van der Waals surface area contributed by atoms with Crippen LogP contribution in [0.4, 0.5) is 11.5 Å². The summed E-state index contributed by atoms with van der Waals surface area (Å²) in [6, 6.07) is 12.7. The first kappa shape index (κ1) is 17.7. The highest BCUT2D eigenvalue weighted by Gasteiger charge is 2.18. The normalized spacial score (nSPS) is 16.0. The van der Waals surface area contributed by atoms with Gasteiger partial charge in [0.2, 0.25) is 10.0 Å². The van der Waals surface area contributed by atoms with Gasteiger partial charge in [-0.2, -0.15) is 0 Å². The number of likely N-dealkylation sites (N-methyl/N-ethyl adjacent to an activating group) is 1. The van der Waals surface area contributed by atoms with Gasteiger partial charge in [0.25, 0.3) is 0 Å². The molecule has 7 heteroatoms. The first-order valence-corrected chi connectivity index (χ1v) is 10.2. The molecule has 1 aromatic carbocycles. The van der Waals surface area contributed by atoms with Gasteiger partial charge in [-0.3, -0.25) is 4.72 Å². The lowest BCUT2D eigenvalue weighted by molar-refractivity contribution is 0.270. The molecule has 1 N–H and O–H groups in total. The predicted molar refractivity (Wildman–Crippen MR) is 101 cm³/mol. The average molecular weight is 360 g/mol. The lowest BCUT2D eigenvalue weighted by Gasteiger charge is -2.34. The molecular weight excluding hydrogens is 336 g/mol. The number of nitrogens with one attached hydrogen (secondary N) is 1. The lowest BCUT2D eigenvalue weighted by Crippen LogP contribution is -2.46. The maximum atomic E-state index is 12.4. The van der Waals surface area contributed by atoms with Crippen molar-refractivity contribution in [1.82, 2.24) is 9.88 Å². The lowest BCUT2D eigenvalue weighted by atomic mass is 10.2. The Morgan fingerprint density at radius 3 is 2.48 bits per heavy atom. The van der Waals surface area contributed by atoms with Crippen LogP contribution in [0.25, 0.3) is 0 Å². The number of sulfonamides is 1. The van der Waals surface area contributed by atoms with E-state index in [0.29, 0.717) is 5.69 Å². The molecule has 134 valence electrons. The number of benzene rings is 1. The molecule has 0 saturated carbocycles. The van der Waals surface area contributed by atoms with E-state index in [1.165, 1.54) is 0 Å². The number of rotatable bonds is 6. The molecular formula is C18H24N4O2S. The third-order valence-corrected chi connectivity index (χ3v) is 5.62. The van der Waals surface area contributed by atoms with E-state index in [1.807, 2.05) is 36.4 Å². The molecule has 1 aliphatic heterocycles. The van der Waals surface area contributed by atoms with Crippen molar-refractivity contribution in [1.29, 1.82) is 0 Å². The van der Waals surface area contributed by atoms with Crippen molar-refractivity contribution in [2.45, 2.75) is 12.7 Å². The summed E-state index contributed by atoms with van der Waals surface area (Å²) in [7, 11) is -3.45. The van der Waals surface area contributed by atoms with E-state index in [0.717, 1.165) is 44.1 Å². The number of aromatic nitrogens is 1. The van der Waals surface area contributed by atoms with Gasteiger partial charge in [-0.1, -0.05) is 37.3 Å². The second-order valence-electron chi connectivity index (χ2n) is 6.17. The number of nitrogens with zero attached hydrogens (tertiary/aromatic N) is 3. The second-order valence-corrected chi connectivity index (χ2v) is 7.89. The number of anilines is 2. The summed E-state index contributed by atoms with van der Waals surface area (Å²) >= 11 is 0. The smallest absolute Gasteiger partial charge is 0.236 e. The van der Waals surface area contributed by atoms with Crippen LogP contribution in [0.1, 0.15) is 12.5 Å². The maximum absolute atomic E-state index is 12.4. The Morgan fingerprint density at radius 2 is 1.80 bits per heavy atom. The standard InChI is InChI=1S/C18H24N4O2S/c1-2-21-10-12-22(13-11-21)18-14-17(8-9-19-18)20-25(23,24)15-16-6-4-3-5-7-16/h3-9,14H,2,10-13,15H2,1H3,(H,19,20). The van der Waals surface area contributed by atoms with Crippen LogP contribution in [0, 0.1) is 0 Å². The minimum Gasteiger partial charge on any atom is -0.354 e. The molecule has 6 nitrogen and oxygen atoms in total. The Kier molecular flexibility index (Phi) is 5.55. The zero-order chi connectivity index (χ0) is 17.7. The van der Waals surface area contributed by atoms with Gasteiger partial charge in [0.1, 0.15) is 5.82 Å². The molecule has 0 amide bonds. The van der Waals surface area contributed by atoms with Crippen LogP contribution in [0.15, 0.2) is 48.7 Å². The van der Waals surface area contributed by atoms with Crippen LogP contribution < -0.4 is 9.62 Å². The second kappa shape index (κ2) is 7.84. The van der Waals surface area contributed by atoms with Gasteiger partial charge in [0.15, 0.2) is 0 Å². The average Bonchev–Trinajstić information content (AvgIpc) is 2.62. The molecule has 25 heavy (non-hydrogen) atoms. The van der Waals surface area contributed by atoms with Crippen molar-refractivity contribution in [3.05, 3.63) is 54.2 Å². The fraction of sp³-hybridized carbons (Fsp3) is 0.389. The fourth-order valence-corrected chi connectivity index (χ4v) is 4.15. The largest absolute Gasteiger partial charge is 0.354 e. The molecule has 1 aromatic heterocycles. The Labute approximate surface area is 149 Å². The van der Waals surface area contributed by atoms with Crippen LogP contribution in [-0.4, -0.2) is 51.0 Å². The molecule has 2 aromatic rings. The van der Waals surface area contributed by atoms with E-state index in [2.05, 4.69) is 26.4 Å². The van der Waals surface area contributed by atoms with Gasteiger partial charge in [-0.05, 0) is 18.2 Å². The summed E-state index contributed by atoms with van der Waals surface area (Å²) in [4.78, 5) is 8.99. The van der Waals surface area contributed by atoms with Crippen molar-refractivity contribution in [3.8, 4) is 0 Å². The van der Waals surface area contributed by atoms with Gasteiger partial charge < -0.3 is 9.80 Å². The molecule has 0 aliphatic carbocycles. The molecule has 0 atom stereocenters. The molecule has 1 fully saturated rings. The molecule has 0 unspecified atom stereocenters. The van der Waals surface area contributed by atoms with E-state index in [1.54, 1.807) is 12.3 Å². The highest BCUT2D eigenvalue weighted by Crippen LogP contribution is 2.20. The molecule has 3 rings (SSSR count). The number of hydrogen-bond acceptors (Lipinski definition) is 5. The number of piperazine rings is 1. The van der Waals surface area contributed by atoms with Crippen LogP contribution in [0.5, 0.6) is 0 Å². The van der Waals surface area contributed by atoms with Gasteiger partial charge in [0.05, 0.1) is 11.4 Å². The van der Waals surface area contributed by atoms with Crippen LogP contribution in [0.3, 0.4) is 0 Å². The van der Waals surface area contributed by atoms with E-state index in [4.69, 9.17) is 0 Å². The highest BCUT2D eigenvalue weighted by molar-refractivity contribution is 7.91. The van der Waals surface area contributed by atoms with Crippen molar-refractivity contribution in [3.63, 3.8) is 0 Å². The van der Waals surface area contributed by atoms with Crippen molar-refractivity contribution in [2.24, 2.45) is 0 Å². The first-order valence-electron chi connectivity index (χ1n) is 8.53. The molecule has 0 radical (unpaired) electrons. The van der Waals surface area contributed by atoms with E-state index >= 15 is 0 Å². The van der Waals surface area contributed by atoms with Gasteiger partial charge in [-0.25, -0.2) is 13.4 Å². The third-order valence-electron chi connectivity index (χ3n) is 4.36. The summed E-state index contributed by atoms with van der Waals surface area (Å²) in [6.07, 6.45) is 1.65. The molecule has 2 heterocycles. The minimum atomic E-state index is -3.45. The van der Waals surface area contributed by atoms with E-state index in [9.17, 15) is 8.42 Å². The van der Waals surface area contributed by atoms with Gasteiger partial charge in [-0.15, -0.1) is 0 Å². The summed E-state index contributed by atoms with van der Waals surface area (Å²) in [5.41, 5.74) is 1.32. The Hall–Kier alpha value is -2.12.